The zero-order valence-electron chi connectivity index (χ0n) is 19.0. The number of nitrogens with one attached hydrogen (secondary N) is 1. The van der Waals surface area contributed by atoms with Crippen LogP contribution in [0.3, 0.4) is 0 Å². The number of carbonyl (C=O) groups is 1. The summed E-state index contributed by atoms with van der Waals surface area (Å²) in [4.78, 5) is 23.1. The van der Waals surface area contributed by atoms with Crippen LogP contribution in [0.1, 0.15) is 21.7 Å². The molecule has 0 aliphatic heterocycles. The van der Waals surface area contributed by atoms with E-state index in [4.69, 9.17) is 32.4 Å². The fourth-order valence-electron chi connectivity index (χ4n) is 3.80. The molecule has 5 rings (SSSR count). The van der Waals surface area contributed by atoms with Crippen molar-refractivity contribution in [1.29, 1.82) is 0 Å². The largest absolute Gasteiger partial charge is 0.488 e. The van der Waals surface area contributed by atoms with Crippen molar-refractivity contribution in [3.63, 3.8) is 0 Å². The van der Waals surface area contributed by atoms with Gasteiger partial charge in [-0.3, -0.25) is 14.9 Å². The second kappa shape index (κ2) is 10.3. The first-order valence-electron chi connectivity index (χ1n) is 11.0. The highest BCUT2D eigenvalue weighted by Crippen LogP contribution is 2.29. The number of nitrogens with zero attached hydrogens (tertiary/aromatic N) is 2. The Hall–Kier alpha value is -4.40. The van der Waals surface area contributed by atoms with Gasteiger partial charge in [0.25, 0.3) is 5.69 Å². The van der Waals surface area contributed by atoms with E-state index < -0.39 is 10.8 Å². The molecular formula is C27H17Cl2N3O5. The van der Waals surface area contributed by atoms with Gasteiger partial charge in [0.05, 0.1) is 11.1 Å². The average molecular weight is 534 g/mol. The van der Waals surface area contributed by atoms with Crippen molar-refractivity contribution in [1.82, 2.24) is 5.43 Å². The third-order valence-corrected chi connectivity index (χ3v) is 6.21. The van der Waals surface area contributed by atoms with Gasteiger partial charge in [-0.1, -0.05) is 59.6 Å². The number of ether oxygens (including phenoxy) is 1. The Bertz CT molecular complexity index is 1700. The third kappa shape index (κ3) is 5.25. The number of nitro groups is 1. The van der Waals surface area contributed by atoms with Crippen LogP contribution in [0.25, 0.3) is 21.7 Å². The van der Waals surface area contributed by atoms with Gasteiger partial charge in [-0.25, -0.2) is 5.43 Å². The average Bonchev–Trinajstić information content (AvgIpc) is 3.32. The molecule has 1 N–H and O–H groups in total. The van der Waals surface area contributed by atoms with E-state index >= 15 is 0 Å². The number of hydrogen-bond donors (Lipinski definition) is 1. The summed E-state index contributed by atoms with van der Waals surface area (Å²) < 4.78 is 11.6. The number of non-ortho nitro benzene ring substituents is 1. The van der Waals surface area contributed by atoms with Crippen LogP contribution in [-0.2, 0) is 6.61 Å². The number of amides is 1. The number of halogens is 2. The van der Waals surface area contributed by atoms with E-state index in [0.29, 0.717) is 32.3 Å². The van der Waals surface area contributed by atoms with Crippen LogP contribution in [0.15, 0.2) is 88.4 Å². The molecule has 184 valence electrons. The third-order valence-electron chi connectivity index (χ3n) is 5.62. The van der Waals surface area contributed by atoms with Crippen molar-refractivity contribution >= 4 is 62.8 Å². The van der Waals surface area contributed by atoms with E-state index in [9.17, 15) is 14.9 Å². The Labute approximate surface area is 220 Å². The standard InChI is InChI=1S/C27H17Cl2N3O5/c28-19-7-5-17(23(29)13-19)15-36-25-9-6-16-3-1-2-4-21(16)22(25)14-30-31-27(33)26-12-18-11-20(32(34)35)8-10-24(18)37-26/h1-14H,15H2,(H,31,33)/b30-14+. The first kappa shape index (κ1) is 24.3. The molecule has 0 atom stereocenters. The molecule has 0 unspecified atom stereocenters. The number of furan rings is 1. The molecule has 0 aliphatic carbocycles. The number of fused-ring (bicyclic) bond motifs is 2. The van der Waals surface area contributed by atoms with Gasteiger partial charge in [0.15, 0.2) is 5.76 Å². The summed E-state index contributed by atoms with van der Waals surface area (Å²) >= 11 is 12.3. The first-order valence-corrected chi connectivity index (χ1v) is 11.7. The molecule has 4 aromatic carbocycles. The van der Waals surface area contributed by atoms with Crippen LogP contribution < -0.4 is 10.2 Å². The summed E-state index contributed by atoms with van der Waals surface area (Å²) in [5, 5.41) is 18.4. The summed E-state index contributed by atoms with van der Waals surface area (Å²) in [5.74, 6) is -0.0936. The lowest BCUT2D eigenvalue weighted by atomic mass is 10.0. The molecule has 0 spiro atoms. The van der Waals surface area contributed by atoms with Crippen molar-refractivity contribution in [3.8, 4) is 5.75 Å². The Morgan fingerprint density at radius 3 is 2.68 bits per heavy atom. The fourth-order valence-corrected chi connectivity index (χ4v) is 4.26. The smallest absolute Gasteiger partial charge is 0.307 e. The molecule has 0 radical (unpaired) electrons. The van der Waals surface area contributed by atoms with Crippen molar-refractivity contribution in [2.24, 2.45) is 5.10 Å². The van der Waals surface area contributed by atoms with Gasteiger partial charge >= 0.3 is 5.91 Å². The monoisotopic (exact) mass is 533 g/mol. The maximum absolute atomic E-state index is 12.6. The van der Waals surface area contributed by atoms with Crippen LogP contribution in [-0.4, -0.2) is 17.0 Å². The summed E-state index contributed by atoms with van der Waals surface area (Å²) in [7, 11) is 0. The Balaban J connectivity index is 1.39. The molecule has 1 amide bonds. The van der Waals surface area contributed by atoms with Gasteiger partial charge in [-0.2, -0.15) is 5.10 Å². The minimum Gasteiger partial charge on any atom is -0.488 e. The molecule has 0 saturated heterocycles. The van der Waals surface area contributed by atoms with Crippen molar-refractivity contribution in [2.75, 3.05) is 0 Å². The SMILES string of the molecule is O=C(N/N=C/c1c(OCc2ccc(Cl)cc2Cl)ccc2ccccc12)c1cc2cc([N+](=O)[O-])ccc2o1. The second-order valence-corrected chi connectivity index (χ2v) is 8.86. The molecule has 37 heavy (non-hydrogen) atoms. The van der Waals surface area contributed by atoms with Crippen molar-refractivity contribution in [3.05, 3.63) is 116 Å². The molecule has 1 heterocycles. The van der Waals surface area contributed by atoms with Crippen LogP contribution >= 0.6 is 23.2 Å². The predicted octanol–water partition coefficient (Wildman–Crippen LogP) is 7.14. The van der Waals surface area contributed by atoms with Crippen LogP contribution in [0, 0.1) is 10.1 Å². The molecule has 1 aromatic heterocycles. The lowest BCUT2D eigenvalue weighted by Gasteiger charge is -2.13. The van der Waals surface area contributed by atoms with Gasteiger partial charge in [0.1, 0.15) is 17.9 Å². The van der Waals surface area contributed by atoms with E-state index in [-0.39, 0.29) is 18.1 Å². The van der Waals surface area contributed by atoms with Crippen molar-refractivity contribution in [2.45, 2.75) is 6.61 Å². The van der Waals surface area contributed by atoms with E-state index in [1.807, 2.05) is 36.4 Å². The topological polar surface area (TPSA) is 107 Å². The van der Waals surface area contributed by atoms with E-state index in [2.05, 4.69) is 10.5 Å². The molecule has 0 bridgehead atoms. The van der Waals surface area contributed by atoms with Crippen LogP contribution in [0.4, 0.5) is 5.69 Å². The van der Waals surface area contributed by atoms with Gasteiger partial charge in [-0.05, 0) is 41.1 Å². The number of hydrazone groups is 1. The maximum atomic E-state index is 12.6. The minimum atomic E-state index is -0.606. The molecular weight excluding hydrogens is 517 g/mol. The summed E-state index contributed by atoms with van der Waals surface area (Å²) in [6, 6.07) is 22.1. The number of nitro benzene ring substituents is 1. The van der Waals surface area contributed by atoms with E-state index in [1.54, 1.807) is 18.2 Å². The van der Waals surface area contributed by atoms with Crippen LogP contribution in [0.5, 0.6) is 5.75 Å². The zero-order valence-corrected chi connectivity index (χ0v) is 20.5. The maximum Gasteiger partial charge on any atom is 0.307 e. The normalized spacial score (nSPS) is 11.3. The number of hydrogen-bond acceptors (Lipinski definition) is 6. The highest BCUT2D eigenvalue weighted by molar-refractivity contribution is 6.35. The van der Waals surface area contributed by atoms with Crippen molar-refractivity contribution < 1.29 is 18.9 Å². The second-order valence-electron chi connectivity index (χ2n) is 8.01. The first-order chi connectivity index (χ1) is 17.9. The zero-order chi connectivity index (χ0) is 25.9. The molecule has 0 saturated carbocycles. The number of carbonyl (C=O) groups excluding carboxylic acids is 1. The van der Waals surface area contributed by atoms with Gasteiger partial charge in [0.2, 0.25) is 0 Å². The predicted molar refractivity (Wildman–Crippen MR) is 143 cm³/mol. The highest BCUT2D eigenvalue weighted by atomic mass is 35.5. The molecule has 0 fully saturated rings. The Kier molecular flexibility index (Phi) is 6.76. The van der Waals surface area contributed by atoms with E-state index in [0.717, 1.165) is 16.3 Å². The summed E-state index contributed by atoms with van der Waals surface area (Å²) in [6.07, 6.45) is 1.49. The number of rotatable bonds is 7. The minimum absolute atomic E-state index is 0.0283. The van der Waals surface area contributed by atoms with Crippen LogP contribution in [0.2, 0.25) is 10.0 Å². The van der Waals surface area contributed by atoms with Gasteiger partial charge in [-0.15, -0.1) is 0 Å². The lowest BCUT2D eigenvalue weighted by molar-refractivity contribution is -0.384. The summed E-state index contributed by atoms with van der Waals surface area (Å²) in [5.41, 5.74) is 4.12. The lowest BCUT2D eigenvalue weighted by Crippen LogP contribution is -2.16. The quantitative estimate of drug-likeness (QED) is 0.136. The molecule has 0 aliphatic rings. The molecule has 8 nitrogen and oxygen atoms in total. The fraction of sp³-hybridized carbons (Fsp3) is 0.0370. The van der Waals surface area contributed by atoms with Gasteiger partial charge in [0, 0.05) is 38.7 Å². The molecule has 10 heteroatoms. The summed E-state index contributed by atoms with van der Waals surface area (Å²) in [6.45, 7) is 0.201. The Morgan fingerprint density at radius 2 is 1.86 bits per heavy atom. The number of benzene rings is 4. The Morgan fingerprint density at radius 1 is 1.03 bits per heavy atom. The highest BCUT2D eigenvalue weighted by Gasteiger charge is 2.15. The van der Waals surface area contributed by atoms with Gasteiger partial charge < -0.3 is 9.15 Å². The molecule has 5 aromatic rings. The van der Waals surface area contributed by atoms with E-state index in [1.165, 1.54) is 30.5 Å².